The largest absolute Gasteiger partial charge is 0.439 e. The van der Waals surface area contributed by atoms with Crippen LogP contribution >= 0.6 is 11.6 Å². The molecular formula is C12H11ClN4O2. The van der Waals surface area contributed by atoms with Crippen LogP contribution in [-0.4, -0.2) is 15.9 Å². The zero-order valence-corrected chi connectivity index (χ0v) is 10.8. The highest BCUT2D eigenvalue weighted by Crippen LogP contribution is 2.23. The Morgan fingerprint density at radius 3 is 2.58 bits per heavy atom. The maximum Gasteiger partial charge on any atom is 0.225 e. The molecule has 6 nitrogen and oxygen atoms in total. The summed E-state index contributed by atoms with van der Waals surface area (Å²) in [6.45, 7) is 1.44. The molecule has 0 unspecified atom stereocenters. The van der Waals surface area contributed by atoms with E-state index in [4.69, 9.17) is 22.1 Å². The summed E-state index contributed by atoms with van der Waals surface area (Å²) in [5.41, 5.74) is 6.14. The van der Waals surface area contributed by atoms with Gasteiger partial charge in [-0.25, -0.2) is 4.98 Å². The van der Waals surface area contributed by atoms with E-state index in [-0.39, 0.29) is 22.9 Å². The molecule has 1 aromatic carbocycles. The maximum absolute atomic E-state index is 10.9. The Morgan fingerprint density at radius 1 is 1.32 bits per heavy atom. The van der Waals surface area contributed by atoms with E-state index >= 15 is 0 Å². The highest BCUT2D eigenvalue weighted by Gasteiger charge is 2.03. The van der Waals surface area contributed by atoms with Crippen molar-refractivity contribution in [3.8, 4) is 11.6 Å². The van der Waals surface area contributed by atoms with Crippen LogP contribution in [0.5, 0.6) is 11.6 Å². The van der Waals surface area contributed by atoms with Gasteiger partial charge in [0.05, 0.1) is 0 Å². The predicted molar refractivity (Wildman–Crippen MR) is 72.3 cm³/mol. The Morgan fingerprint density at radius 2 is 2.00 bits per heavy atom. The molecule has 0 aliphatic heterocycles. The lowest BCUT2D eigenvalue weighted by molar-refractivity contribution is -0.114. The number of aromatic nitrogens is 2. The zero-order valence-electron chi connectivity index (χ0n) is 10.1. The lowest BCUT2D eigenvalue weighted by Crippen LogP contribution is -2.05. The lowest BCUT2D eigenvalue weighted by atomic mass is 10.3. The summed E-state index contributed by atoms with van der Waals surface area (Å²) in [7, 11) is 0. The van der Waals surface area contributed by atoms with Crippen LogP contribution in [0.2, 0.25) is 5.15 Å². The number of nitrogens with two attached hydrogens (primary N) is 1. The summed E-state index contributed by atoms with van der Waals surface area (Å²) in [4.78, 5) is 18.5. The molecule has 19 heavy (non-hydrogen) atoms. The molecule has 1 heterocycles. The second-order valence-corrected chi connectivity index (χ2v) is 4.08. The molecule has 0 fully saturated rings. The van der Waals surface area contributed by atoms with Crippen LogP contribution in [-0.2, 0) is 4.79 Å². The van der Waals surface area contributed by atoms with Crippen molar-refractivity contribution in [2.75, 3.05) is 11.1 Å². The number of ether oxygens (including phenoxy) is 1. The molecule has 0 spiro atoms. The number of rotatable bonds is 3. The van der Waals surface area contributed by atoms with Gasteiger partial charge in [0, 0.05) is 18.7 Å². The molecule has 1 aromatic heterocycles. The number of benzene rings is 1. The number of hydrogen-bond donors (Lipinski definition) is 2. The molecular weight excluding hydrogens is 268 g/mol. The minimum Gasteiger partial charge on any atom is -0.439 e. The Kier molecular flexibility index (Phi) is 3.82. The van der Waals surface area contributed by atoms with Crippen LogP contribution in [0.4, 0.5) is 11.6 Å². The molecule has 0 saturated carbocycles. The first-order chi connectivity index (χ1) is 9.02. The number of hydrogen-bond acceptors (Lipinski definition) is 5. The fourth-order valence-corrected chi connectivity index (χ4v) is 1.58. The summed E-state index contributed by atoms with van der Waals surface area (Å²) >= 11 is 5.74. The number of halogens is 1. The third-order valence-electron chi connectivity index (χ3n) is 2.09. The van der Waals surface area contributed by atoms with E-state index in [9.17, 15) is 4.79 Å². The summed E-state index contributed by atoms with van der Waals surface area (Å²) in [6.07, 6.45) is 0. The van der Waals surface area contributed by atoms with Gasteiger partial charge in [-0.15, -0.1) is 0 Å². The number of carbonyl (C=O) groups is 1. The monoisotopic (exact) mass is 278 g/mol. The molecule has 7 heteroatoms. The minimum absolute atomic E-state index is 0.0392. The topological polar surface area (TPSA) is 90.1 Å². The van der Waals surface area contributed by atoms with Crippen LogP contribution in [0.25, 0.3) is 0 Å². The number of anilines is 2. The lowest BCUT2D eigenvalue weighted by Gasteiger charge is -2.07. The van der Waals surface area contributed by atoms with Gasteiger partial charge in [0.15, 0.2) is 0 Å². The smallest absolute Gasteiger partial charge is 0.225 e. The molecule has 0 atom stereocenters. The third-order valence-corrected chi connectivity index (χ3v) is 2.28. The average Bonchev–Trinajstić information content (AvgIpc) is 2.29. The van der Waals surface area contributed by atoms with E-state index < -0.39 is 0 Å². The van der Waals surface area contributed by atoms with Crippen molar-refractivity contribution in [2.45, 2.75) is 6.92 Å². The average molecular weight is 279 g/mol. The van der Waals surface area contributed by atoms with Gasteiger partial charge in [-0.05, 0) is 24.3 Å². The quantitative estimate of drug-likeness (QED) is 0.842. The number of nitrogen functional groups attached to an aromatic ring is 1. The van der Waals surface area contributed by atoms with E-state index in [1.165, 1.54) is 13.0 Å². The summed E-state index contributed by atoms with van der Waals surface area (Å²) in [5.74, 6) is 0.703. The molecule has 0 bridgehead atoms. The first kappa shape index (κ1) is 13.1. The van der Waals surface area contributed by atoms with Crippen molar-refractivity contribution in [1.29, 1.82) is 0 Å². The minimum atomic E-state index is -0.135. The Balaban J connectivity index is 2.12. The van der Waals surface area contributed by atoms with Crippen molar-refractivity contribution in [3.63, 3.8) is 0 Å². The van der Waals surface area contributed by atoms with E-state index in [2.05, 4.69) is 15.3 Å². The first-order valence-corrected chi connectivity index (χ1v) is 5.76. The Bertz CT molecular complexity index is 581. The van der Waals surface area contributed by atoms with Crippen molar-refractivity contribution in [3.05, 3.63) is 35.5 Å². The normalized spacial score (nSPS) is 10.0. The summed E-state index contributed by atoms with van der Waals surface area (Å²) in [5, 5.41) is 2.86. The second-order valence-electron chi connectivity index (χ2n) is 3.69. The molecule has 0 saturated heterocycles. The second kappa shape index (κ2) is 5.53. The molecule has 0 aliphatic rings. The zero-order chi connectivity index (χ0) is 13.8. The Hall–Kier alpha value is -2.34. The number of nitrogens with one attached hydrogen (secondary N) is 1. The molecule has 0 radical (unpaired) electrons. The molecule has 3 N–H and O–H groups in total. The standard InChI is InChI=1S/C12H11ClN4O2/c1-7(18)15-8-2-4-9(5-3-8)19-11-6-10(13)16-12(14)17-11/h2-6H,1H3,(H,15,18)(H2,14,16,17). The number of amides is 1. The maximum atomic E-state index is 10.9. The van der Waals surface area contributed by atoms with Gasteiger partial charge in [-0.1, -0.05) is 11.6 Å². The first-order valence-electron chi connectivity index (χ1n) is 5.38. The van der Waals surface area contributed by atoms with Crippen LogP contribution in [0.1, 0.15) is 6.92 Å². The number of nitrogens with zero attached hydrogens (tertiary/aromatic N) is 2. The van der Waals surface area contributed by atoms with Crippen molar-refractivity contribution < 1.29 is 9.53 Å². The summed E-state index contributed by atoms with van der Waals surface area (Å²) < 4.78 is 5.47. The SMILES string of the molecule is CC(=O)Nc1ccc(Oc2cc(Cl)nc(N)n2)cc1. The van der Waals surface area contributed by atoms with E-state index in [0.29, 0.717) is 11.4 Å². The van der Waals surface area contributed by atoms with Crippen molar-refractivity contribution in [1.82, 2.24) is 9.97 Å². The summed E-state index contributed by atoms with van der Waals surface area (Å²) in [6, 6.07) is 8.26. The van der Waals surface area contributed by atoms with Gasteiger partial charge in [0.2, 0.25) is 17.7 Å². The van der Waals surface area contributed by atoms with Crippen LogP contribution in [0.3, 0.4) is 0 Å². The van der Waals surface area contributed by atoms with Gasteiger partial charge >= 0.3 is 0 Å². The third kappa shape index (κ3) is 3.82. The van der Waals surface area contributed by atoms with Crippen molar-refractivity contribution >= 4 is 29.1 Å². The molecule has 98 valence electrons. The molecule has 2 aromatic rings. The Labute approximate surface area is 114 Å². The van der Waals surface area contributed by atoms with Crippen LogP contribution < -0.4 is 15.8 Å². The van der Waals surface area contributed by atoms with Crippen LogP contribution in [0, 0.1) is 0 Å². The molecule has 0 aliphatic carbocycles. The van der Waals surface area contributed by atoms with Crippen molar-refractivity contribution in [2.24, 2.45) is 0 Å². The van der Waals surface area contributed by atoms with Gasteiger partial charge in [-0.2, -0.15) is 4.98 Å². The van der Waals surface area contributed by atoms with Crippen LogP contribution in [0.15, 0.2) is 30.3 Å². The van der Waals surface area contributed by atoms with Gasteiger partial charge in [0.1, 0.15) is 10.9 Å². The fourth-order valence-electron chi connectivity index (χ4n) is 1.40. The highest BCUT2D eigenvalue weighted by molar-refractivity contribution is 6.29. The predicted octanol–water partition coefficient (Wildman–Crippen LogP) is 2.46. The van der Waals surface area contributed by atoms with Gasteiger partial charge in [-0.3, -0.25) is 4.79 Å². The van der Waals surface area contributed by atoms with E-state index in [1.54, 1.807) is 24.3 Å². The van der Waals surface area contributed by atoms with Gasteiger partial charge < -0.3 is 15.8 Å². The molecule has 2 rings (SSSR count). The molecule has 1 amide bonds. The van der Waals surface area contributed by atoms with E-state index in [0.717, 1.165) is 0 Å². The highest BCUT2D eigenvalue weighted by atomic mass is 35.5. The fraction of sp³-hybridized carbons (Fsp3) is 0.0833. The van der Waals surface area contributed by atoms with Gasteiger partial charge in [0.25, 0.3) is 0 Å². The van der Waals surface area contributed by atoms with E-state index in [1.807, 2.05) is 0 Å². The number of carbonyl (C=O) groups excluding carboxylic acids is 1.